The highest BCUT2D eigenvalue weighted by atomic mass is 19.1. The molecule has 0 aliphatic carbocycles. The predicted octanol–water partition coefficient (Wildman–Crippen LogP) is 2.76. The zero-order valence-corrected chi connectivity index (χ0v) is 11.4. The number of aryl methyl sites for hydroxylation is 2. The molecule has 1 N–H and O–H groups in total. The molecule has 0 amide bonds. The molecule has 0 atom stereocenters. The molecule has 0 aliphatic rings. The first kappa shape index (κ1) is 13.7. The van der Waals surface area contributed by atoms with Crippen molar-refractivity contribution < 1.29 is 4.39 Å². The number of imidazole rings is 1. The number of nitrogens with one attached hydrogen (secondary N) is 1. The van der Waals surface area contributed by atoms with E-state index >= 15 is 0 Å². The Balaban J connectivity index is 1.92. The largest absolute Gasteiger partial charge is 0.333 e. The second-order valence-corrected chi connectivity index (χ2v) is 4.99. The number of aromatic nitrogens is 2. The standard InChI is InChI=1S/C15H20FN3/c1-12(2)18-10-15-9-17-11-19(15)8-7-13-3-5-14(16)6-4-13/h3-6,9,11-12,18H,7-8,10H2,1-2H3. The number of nitrogens with zero attached hydrogens (tertiary/aromatic N) is 2. The van der Waals surface area contributed by atoms with Crippen LogP contribution in [0.25, 0.3) is 0 Å². The van der Waals surface area contributed by atoms with Crippen molar-refractivity contribution in [2.24, 2.45) is 0 Å². The van der Waals surface area contributed by atoms with Crippen molar-refractivity contribution >= 4 is 0 Å². The van der Waals surface area contributed by atoms with E-state index in [0.29, 0.717) is 6.04 Å². The van der Waals surface area contributed by atoms with Crippen LogP contribution >= 0.6 is 0 Å². The predicted molar refractivity (Wildman–Crippen MR) is 74.3 cm³/mol. The summed E-state index contributed by atoms with van der Waals surface area (Å²) in [7, 11) is 0. The zero-order chi connectivity index (χ0) is 13.7. The molecular weight excluding hydrogens is 241 g/mol. The maximum atomic E-state index is 12.8. The fourth-order valence-electron chi connectivity index (χ4n) is 1.91. The Morgan fingerprint density at radius 2 is 2.00 bits per heavy atom. The monoisotopic (exact) mass is 261 g/mol. The molecule has 1 heterocycles. The highest BCUT2D eigenvalue weighted by Gasteiger charge is 2.03. The van der Waals surface area contributed by atoms with E-state index in [9.17, 15) is 4.39 Å². The number of benzene rings is 1. The van der Waals surface area contributed by atoms with Crippen LogP contribution in [0.2, 0.25) is 0 Å². The van der Waals surface area contributed by atoms with E-state index in [2.05, 4.69) is 28.7 Å². The molecule has 102 valence electrons. The molecule has 3 nitrogen and oxygen atoms in total. The SMILES string of the molecule is CC(C)NCc1cncn1CCc1ccc(F)cc1. The van der Waals surface area contributed by atoms with E-state index in [1.807, 2.05) is 24.7 Å². The van der Waals surface area contributed by atoms with Crippen molar-refractivity contribution in [1.29, 1.82) is 0 Å². The van der Waals surface area contributed by atoms with E-state index in [0.717, 1.165) is 25.1 Å². The first-order chi connectivity index (χ1) is 9.15. The van der Waals surface area contributed by atoms with Gasteiger partial charge < -0.3 is 9.88 Å². The zero-order valence-electron chi connectivity index (χ0n) is 11.4. The average Bonchev–Trinajstić information content (AvgIpc) is 2.83. The van der Waals surface area contributed by atoms with E-state index in [1.54, 1.807) is 0 Å². The van der Waals surface area contributed by atoms with E-state index in [1.165, 1.54) is 17.8 Å². The Hall–Kier alpha value is -1.68. The molecule has 4 heteroatoms. The van der Waals surface area contributed by atoms with Gasteiger partial charge in [-0.2, -0.15) is 0 Å². The molecule has 0 unspecified atom stereocenters. The molecular formula is C15H20FN3. The minimum absolute atomic E-state index is 0.187. The molecule has 0 aliphatic heterocycles. The fourth-order valence-corrected chi connectivity index (χ4v) is 1.91. The Bertz CT molecular complexity index is 502. The minimum atomic E-state index is -0.187. The van der Waals surface area contributed by atoms with Crippen molar-refractivity contribution in [1.82, 2.24) is 14.9 Å². The maximum absolute atomic E-state index is 12.8. The van der Waals surface area contributed by atoms with Crippen molar-refractivity contribution in [2.75, 3.05) is 0 Å². The summed E-state index contributed by atoms with van der Waals surface area (Å²) in [6.45, 7) is 5.93. The molecule has 2 rings (SSSR count). The quantitative estimate of drug-likeness (QED) is 0.866. The van der Waals surface area contributed by atoms with Crippen LogP contribution in [-0.4, -0.2) is 15.6 Å². The van der Waals surface area contributed by atoms with Gasteiger partial charge in [-0.05, 0) is 24.1 Å². The third kappa shape index (κ3) is 4.17. The molecule has 0 bridgehead atoms. The van der Waals surface area contributed by atoms with Crippen molar-refractivity contribution in [2.45, 2.75) is 39.4 Å². The van der Waals surface area contributed by atoms with Crippen molar-refractivity contribution in [3.05, 3.63) is 53.9 Å². The normalized spacial score (nSPS) is 11.2. The number of hydrogen-bond donors (Lipinski definition) is 1. The van der Waals surface area contributed by atoms with Crippen LogP contribution in [-0.2, 0) is 19.5 Å². The van der Waals surface area contributed by atoms with Crippen LogP contribution in [0.3, 0.4) is 0 Å². The summed E-state index contributed by atoms with van der Waals surface area (Å²) in [6.07, 6.45) is 4.62. The first-order valence-electron chi connectivity index (χ1n) is 6.62. The Kier molecular flexibility index (Phi) is 4.68. The fraction of sp³-hybridized carbons (Fsp3) is 0.400. The van der Waals surface area contributed by atoms with Gasteiger partial charge in [-0.1, -0.05) is 26.0 Å². The summed E-state index contributed by atoms with van der Waals surface area (Å²) in [6, 6.07) is 7.13. The van der Waals surface area contributed by atoms with E-state index < -0.39 is 0 Å². The lowest BCUT2D eigenvalue weighted by molar-refractivity contribution is 0.554. The van der Waals surface area contributed by atoms with Gasteiger partial charge >= 0.3 is 0 Å². The second-order valence-electron chi connectivity index (χ2n) is 4.99. The van der Waals surface area contributed by atoms with Gasteiger partial charge in [0.15, 0.2) is 0 Å². The Morgan fingerprint density at radius 3 is 2.68 bits per heavy atom. The third-order valence-electron chi connectivity index (χ3n) is 3.04. The summed E-state index contributed by atoms with van der Waals surface area (Å²) in [5.74, 6) is -0.187. The van der Waals surface area contributed by atoms with Gasteiger partial charge in [0.1, 0.15) is 5.82 Å². The first-order valence-corrected chi connectivity index (χ1v) is 6.62. The Labute approximate surface area is 113 Å². The molecule has 0 radical (unpaired) electrons. The summed E-state index contributed by atoms with van der Waals surface area (Å²) in [4.78, 5) is 4.19. The van der Waals surface area contributed by atoms with Gasteiger partial charge in [-0.3, -0.25) is 0 Å². The molecule has 19 heavy (non-hydrogen) atoms. The molecule has 0 saturated carbocycles. The van der Waals surface area contributed by atoms with Gasteiger partial charge in [0.2, 0.25) is 0 Å². The van der Waals surface area contributed by atoms with Crippen LogP contribution in [0.4, 0.5) is 4.39 Å². The lowest BCUT2D eigenvalue weighted by atomic mass is 10.1. The number of halogens is 1. The highest BCUT2D eigenvalue weighted by Crippen LogP contribution is 2.07. The minimum Gasteiger partial charge on any atom is -0.333 e. The second kappa shape index (κ2) is 6.48. The average molecular weight is 261 g/mol. The summed E-state index contributed by atoms with van der Waals surface area (Å²) < 4.78 is 15.0. The number of rotatable bonds is 6. The third-order valence-corrected chi connectivity index (χ3v) is 3.04. The topological polar surface area (TPSA) is 29.9 Å². The van der Waals surface area contributed by atoms with Crippen molar-refractivity contribution in [3.63, 3.8) is 0 Å². The Morgan fingerprint density at radius 1 is 1.26 bits per heavy atom. The molecule has 0 spiro atoms. The molecule has 2 aromatic rings. The van der Waals surface area contributed by atoms with Crippen LogP contribution in [0.5, 0.6) is 0 Å². The van der Waals surface area contributed by atoms with E-state index in [4.69, 9.17) is 0 Å². The summed E-state index contributed by atoms with van der Waals surface area (Å²) >= 11 is 0. The van der Waals surface area contributed by atoms with Crippen LogP contribution in [0.15, 0.2) is 36.8 Å². The summed E-state index contributed by atoms with van der Waals surface area (Å²) in [5, 5.41) is 3.38. The highest BCUT2D eigenvalue weighted by molar-refractivity contribution is 5.16. The van der Waals surface area contributed by atoms with Crippen LogP contribution in [0.1, 0.15) is 25.1 Å². The van der Waals surface area contributed by atoms with Gasteiger partial charge in [-0.25, -0.2) is 9.37 Å². The van der Waals surface area contributed by atoms with Gasteiger partial charge in [0, 0.05) is 25.3 Å². The summed E-state index contributed by atoms with van der Waals surface area (Å²) in [5.41, 5.74) is 2.31. The lowest BCUT2D eigenvalue weighted by Gasteiger charge is -2.11. The van der Waals surface area contributed by atoms with Crippen molar-refractivity contribution in [3.8, 4) is 0 Å². The molecule has 0 saturated heterocycles. The van der Waals surface area contributed by atoms with Gasteiger partial charge in [0.25, 0.3) is 0 Å². The number of hydrogen-bond acceptors (Lipinski definition) is 2. The lowest BCUT2D eigenvalue weighted by Crippen LogP contribution is -2.23. The molecule has 1 aromatic carbocycles. The van der Waals surface area contributed by atoms with Crippen LogP contribution < -0.4 is 5.32 Å². The maximum Gasteiger partial charge on any atom is 0.123 e. The van der Waals surface area contributed by atoms with Gasteiger partial charge in [-0.15, -0.1) is 0 Å². The van der Waals surface area contributed by atoms with Crippen LogP contribution in [0, 0.1) is 5.82 Å². The molecule has 1 aromatic heterocycles. The molecule has 0 fully saturated rings. The smallest absolute Gasteiger partial charge is 0.123 e. The van der Waals surface area contributed by atoms with Gasteiger partial charge in [0.05, 0.1) is 12.0 Å². The van der Waals surface area contributed by atoms with E-state index in [-0.39, 0.29) is 5.82 Å².